The SMILES string of the molecule is N#Cc1ccccc1OCC(=O)NCCc1cnn(-c2ccccc2)c1. The molecule has 0 aliphatic heterocycles. The molecule has 1 N–H and O–H groups in total. The Bertz CT molecular complexity index is 913. The fraction of sp³-hybridized carbons (Fsp3) is 0.150. The van der Waals surface area contributed by atoms with Crippen molar-refractivity contribution in [3.63, 3.8) is 0 Å². The minimum Gasteiger partial charge on any atom is -0.482 e. The van der Waals surface area contributed by atoms with E-state index in [1.54, 1.807) is 35.1 Å². The fourth-order valence-electron chi connectivity index (χ4n) is 2.44. The van der Waals surface area contributed by atoms with Crippen LogP contribution < -0.4 is 10.1 Å². The number of ether oxygens (including phenoxy) is 1. The molecule has 0 aliphatic rings. The molecule has 0 atom stereocenters. The van der Waals surface area contributed by atoms with Crippen molar-refractivity contribution in [2.75, 3.05) is 13.2 Å². The normalized spacial score (nSPS) is 10.1. The Kier molecular flexibility index (Phi) is 5.63. The number of carbonyl (C=O) groups is 1. The number of aromatic nitrogens is 2. The first-order valence-electron chi connectivity index (χ1n) is 8.24. The zero-order valence-corrected chi connectivity index (χ0v) is 14.1. The van der Waals surface area contributed by atoms with Gasteiger partial charge in [0.25, 0.3) is 5.91 Å². The molecule has 0 fully saturated rings. The number of nitrogens with zero attached hydrogens (tertiary/aromatic N) is 3. The second-order valence-corrected chi connectivity index (χ2v) is 5.63. The van der Waals surface area contributed by atoms with Crippen LogP contribution in [-0.4, -0.2) is 28.8 Å². The van der Waals surface area contributed by atoms with Crippen molar-refractivity contribution >= 4 is 5.91 Å². The molecule has 0 saturated heterocycles. The van der Waals surface area contributed by atoms with Gasteiger partial charge in [-0.3, -0.25) is 4.79 Å². The maximum absolute atomic E-state index is 11.9. The van der Waals surface area contributed by atoms with Gasteiger partial charge in [0.15, 0.2) is 6.61 Å². The van der Waals surface area contributed by atoms with Gasteiger partial charge in [0.05, 0.1) is 17.4 Å². The zero-order valence-electron chi connectivity index (χ0n) is 14.1. The van der Waals surface area contributed by atoms with Crippen molar-refractivity contribution in [1.29, 1.82) is 5.26 Å². The quantitative estimate of drug-likeness (QED) is 0.713. The summed E-state index contributed by atoms with van der Waals surface area (Å²) in [6.45, 7) is 0.366. The molecular formula is C20H18N4O2. The Morgan fingerprint density at radius 1 is 1.15 bits per heavy atom. The van der Waals surface area contributed by atoms with Crippen molar-refractivity contribution < 1.29 is 9.53 Å². The summed E-state index contributed by atoms with van der Waals surface area (Å²) < 4.78 is 7.21. The predicted octanol–water partition coefficient (Wildman–Crippen LogP) is 2.48. The second-order valence-electron chi connectivity index (χ2n) is 5.63. The third-order valence-corrected chi connectivity index (χ3v) is 3.76. The van der Waals surface area contributed by atoms with Crippen LogP contribution in [0.3, 0.4) is 0 Å². The predicted molar refractivity (Wildman–Crippen MR) is 96.9 cm³/mol. The molecule has 130 valence electrons. The van der Waals surface area contributed by atoms with Gasteiger partial charge in [-0.15, -0.1) is 0 Å². The van der Waals surface area contributed by atoms with Crippen LogP contribution in [0.4, 0.5) is 0 Å². The summed E-state index contributed by atoms with van der Waals surface area (Å²) in [7, 11) is 0. The topological polar surface area (TPSA) is 79.9 Å². The van der Waals surface area contributed by atoms with E-state index in [1.165, 1.54) is 0 Å². The van der Waals surface area contributed by atoms with Gasteiger partial charge in [0, 0.05) is 12.7 Å². The van der Waals surface area contributed by atoms with Crippen molar-refractivity contribution in [1.82, 2.24) is 15.1 Å². The van der Waals surface area contributed by atoms with E-state index in [4.69, 9.17) is 10.00 Å². The summed E-state index contributed by atoms with van der Waals surface area (Å²) in [4.78, 5) is 11.9. The number of benzene rings is 2. The van der Waals surface area contributed by atoms with E-state index >= 15 is 0 Å². The molecule has 6 heteroatoms. The van der Waals surface area contributed by atoms with E-state index in [0.29, 0.717) is 24.3 Å². The molecule has 0 saturated carbocycles. The summed E-state index contributed by atoms with van der Waals surface area (Å²) in [5, 5.41) is 16.1. The number of para-hydroxylation sites is 2. The van der Waals surface area contributed by atoms with Crippen LogP contribution in [0.2, 0.25) is 0 Å². The fourth-order valence-corrected chi connectivity index (χ4v) is 2.44. The molecule has 0 unspecified atom stereocenters. The Labute approximate surface area is 151 Å². The van der Waals surface area contributed by atoms with Crippen molar-refractivity contribution in [2.24, 2.45) is 0 Å². The summed E-state index contributed by atoms with van der Waals surface area (Å²) in [6, 6.07) is 18.7. The maximum Gasteiger partial charge on any atom is 0.257 e. The largest absolute Gasteiger partial charge is 0.482 e. The van der Waals surface area contributed by atoms with Crippen LogP contribution in [0, 0.1) is 11.3 Å². The third-order valence-electron chi connectivity index (χ3n) is 3.76. The van der Waals surface area contributed by atoms with Crippen molar-refractivity contribution in [3.8, 4) is 17.5 Å². The monoisotopic (exact) mass is 346 g/mol. The number of hydrogen-bond donors (Lipinski definition) is 1. The lowest BCUT2D eigenvalue weighted by Crippen LogP contribution is -2.30. The van der Waals surface area contributed by atoms with Crippen LogP contribution in [0.5, 0.6) is 5.75 Å². The van der Waals surface area contributed by atoms with Crippen LogP contribution in [0.15, 0.2) is 67.0 Å². The van der Waals surface area contributed by atoms with E-state index in [9.17, 15) is 4.79 Å². The van der Waals surface area contributed by atoms with Crippen LogP contribution in [-0.2, 0) is 11.2 Å². The van der Waals surface area contributed by atoms with E-state index < -0.39 is 0 Å². The van der Waals surface area contributed by atoms with Gasteiger partial charge >= 0.3 is 0 Å². The lowest BCUT2D eigenvalue weighted by Gasteiger charge is -2.08. The van der Waals surface area contributed by atoms with Crippen molar-refractivity contribution in [2.45, 2.75) is 6.42 Å². The Balaban J connectivity index is 1.44. The van der Waals surface area contributed by atoms with E-state index in [2.05, 4.69) is 10.4 Å². The average molecular weight is 346 g/mol. The molecule has 0 radical (unpaired) electrons. The maximum atomic E-state index is 11.9. The van der Waals surface area contributed by atoms with Gasteiger partial charge in [0.1, 0.15) is 11.8 Å². The minimum atomic E-state index is -0.229. The number of nitrogens with one attached hydrogen (secondary N) is 1. The lowest BCUT2D eigenvalue weighted by atomic mass is 10.2. The number of amides is 1. The zero-order chi connectivity index (χ0) is 18.2. The lowest BCUT2D eigenvalue weighted by molar-refractivity contribution is -0.123. The highest BCUT2D eigenvalue weighted by atomic mass is 16.5. The van der Waals surface area contributed by atoms with Crippen LogP contribution in [0.25, 0.3) is 5.69 Å². The van der Waals surface area contributed by atoms with E-state index in [0.717, 1.165) is 11.3 Å². The first kappa shape index (κ1) is 17.2. The number of nitriles is 1. The van der Waals surface area contributed by atoms with Gasteiger partial charge in [0.2, 0.25) is 0 Å². The molecular weight excluding hydrogens is 328 g/mol. The van der Waals surface area contributed by atoms with Crippen LogP contribution >= 0.6 is 0 Å². The van der Waals surface area contributed by atoms with Crippen molar-refractivity contribution in [3.05, 3.63) is 78.1 Å². The molecule has 26 heavy (non-hydrogen) atoms. The molecule has 6 nitrogen and oxygen atoms in total. The molecule has 3 aromatic rings. The highest BCUT2D eigenvalue weighted by molar-refractivity contribution is 5.77. The van der Waals surface area contributed by atoms with Gasteiger partial charge in [-0.1, -0.05) is 30.3 Å². The summed E-state index contributed by atoms with van der Waals surface area (Å²) >= 11 is 0. The summed E-state index contributed by atoms with van der Waals surface area (Å²) in [5.41, 5.74) is 2.44. The van der Waals surface area contributed by atoms with Gasteiger partial charge in [-0.25, -0.2) is 4.68 Å². The number of hydrogen-bond acceptors (Lipinski definition) is 4. The molecule has 1 aromatic heterocycles. The molecule has 1 heterocycles. The number of carbonyl (C=O) groups excluding carboxylic acids is 1. The number of rotatable bonds is 7. The molecule has 1 amide bonds. The molecule has 0 bridgehead atoms. The molecule has 0 aliphatic carbocycles. The molecule has 3 rings (SSSR count). The molecule has 2 aromatic carbocycles. The Hall–Kier alpha value is -3.59. The first-order valence-corrected chi connectivity index (χ1v) is 8.24. The highest BCUT2D eigenvalue weighted by Crippen LogP contribution is 2.16. The summed E-state index contributed by atoms with van der Waals surface area (Å²) in [6.07, 6.45) is 4.41. The van der Waals surface area contributed by atoms with Gasteiger partial charge < -0.3 is 10.1 Å². The van der Waals surface area contributed by atoms with E-state index in [1.807, 2.05) is 42.6 Å². The smallest absolute Gasteiger partial charge is 0.257 e. The van der Waals surface area contributed by atoms with Gasteiger partial charge in [-0.05, 0) is 36.2 Å². The Morgan fingerprint density at radius 3 is 2.73 bits per heavy atom. The van der Waals surface area contributed by atoms with E-state index in [-0.39, 0.29) is 12.5 Å². The standard InChI is InChI=1S/C20H18N4O2/c21-12-17-6-4-5-9-19(17)26-15-20(25)22-11-10-16-13-23-24(14-16)18-7-2-1-3-8-18/h1-9,13-14H,10-11,15H2,(H,22,25). The second kappa shape index (κ2) is 8.49. The first-order chi connectivity index (χ1) is 12.8. The Morgan fingerprint density at radius 2 is 1.92 bits per heavy atom. The highest BCUT2D eigenvalue weighted by Gasteiger charge is 2.06. The average Bonchev–Trinajstić information content (AvgIpc) is 3.16. The third kappa shape index (κ3) is 4.48. The van der Waals surface area contributed by atoms with Gasteiger partial charge in [-0.2, -0.15) is 10.4 Å². The summed E-state index contributed by atoms with van der Waals surface area (Å²) in [5.74, 6) is 0.183. The minimum absolute atomic E-state index is 0.123. The van der Waals surface area contributed by atoms with Crippen LogP contribution in [0.1, 0.15) is 11.1 Å². The molecule has 0 spiro atoms.